The van der Waals surface area contributed by atoms with Crippen LogP contribution in [0.3, 0.4) is 0 Å². The van der Waals surface area contributed by atoms with Crippen LogP contribution >= 0.6 is 0 Å². The molecule has 0 aromatic rings. The zero-order valence-corrected chi connectivity index (χ0v) is 12.1. The summed E-state index contributed by atoms with van der Waals surface area (Å²) in [5, 5.41) is 0. The van der Waals surface area contributed by atoms with Gasteiger partial charge in [0, 0.05) is 13.1 Å². The third-order valence-electron chi connectivity index (χ3n) is 3.17. The minimum atomic E-state index is -4.40. The van der Waals surface area contributed by atoms with E-state index in [-0.39, 0.29) is 5.91 Å². The van der Waals surface area contributed by atoms with Crippen molar-refractivity contribution in [1.82, 2.24) is 4.90 Å². The van der Waals surface area contributed by atoms with E-state index in [0.29, 0.717) is 19.0 Å². The predicted molar refractivity (Wildman–Crippen MR) is 67.8 cm³/mol. The van der Waals surface area contributed by atoms with Gasteiger partial charge in [0.1, 0.15) is 12.7 Å². The Bertz CT molecular complexity index is 265. The van der Waals surface area contributed by atoms with Crippen molar-refractivity contribution in [2.75, 3.05) is 19.7 Å². The van der Waals surface area contributed by atoms with Gasteiger partial charge in [-0.3, -0.25) is 4.79 Å². The van der Waals surface area contributed by atoms with Crippen LogP contribution in [-0.2, 0) is 9.53 Å². The van der Waals surface area contributed by atoms with E-state index in [1.165, 1.54) is 6.92 Å². The van der Waals surface area contributed by atoms with Gasteiger partial charge < -0.3 is 9.64 Å². The molecule has 0 rings (SSSR count). The van der Waals surface area contributed by atoms with Crippen molar-refractivity contribution in [3.63, 3.8) is 0 Å². The van der Waals surface area contributed by atoms with E-state index >= 15 is 0 Å². The second kappa shape index (κ2) is 8.40. The number of carbonyl (C=O) groups excluding carboxylic acids is 1. The molecule has 6 heteroatoms. The Labute approximate surface area is 113 Å². The van der Waals surface area contributed by atoms with Crippen molar-refractivity contribution in [2.24, 2.45) is 5.92 Å². The minimum absolute atomic E-state index is 0.374. The number of hydrogen-bond donors (Lipinski definition) is 0. The molecule has 0 radical (unpaired) electrons. The van der Waals surface area contributed by atoms with Gasteiger partial charge in [-0.05, 0) is 19.8 Å². The van der Waals surface area contributed by atoms with E-state index < -0.39 is 18.9 Å². The SMILES string of the molecule is CCC(CC)CN(CC)C(=O)C(C)OCC(F)(F)F. The predicted octanol–water partition coefficient (Wildman–Crippen LogP) is 3.24. The maximum atomic E-state index is 12.0. The Kier molecular flexibility index (Phi) is 8.06. The van der Waals surface area contributed by atoms with Crippen molar-refractivity contribution in [3.8, 4) is 0 Å². The summed E-state index contributed by atoms with van der Waals surface area (Å²) in [4.78, 5) is 13.6. The number of amides is 1. The first kappa shape index (κ1) is 18.2. The number of nitrogens with zero attached hydrogens (tertiary/aromatic N) is 1. The van der Waals surface area contributed by atoms with E-state index in [2.05, 4.69) is 4.74 Å². The van der Waals surface area contributed by atoms with Crippen LogP contribution < -0.4 is 0 Å². The molecule has 0 aromatic heterocycles. The average molecular weight is 283 g/mol. The van der Waals surface area contributed by atoms with Gasteiger partial charge in [-0.15, -0.1) is 0 Å². The van der Waals surface area contributed by atoms with Gasteiger partial charge in [0.25, 0.3) is 5.91 Å². The van der Waals surface area contributed by atoms with Crippen molar-refractivity contribution >= 4 is 5.91 Å². The molecule has 0 aromatic carbocycles. The normalized spacial score (nSPS) is 13.7. The lowest BCUT2D eigenvalue weighted by molar-refractivity contribution is -0.188. The Morgan fingerprint density at radius 2 is 1.74 bits per heavy atom. The van der Waals surface area contributed by atoms with Crippen LogP contribution in [0, 0.1) is 5.92 Å². The molecule has 1 atom stereocenters. The van der Waals surface area contributed by atoms with Gasteiger partial charge in [0.15, 0.2) is 0 Å². The molecule has 0 saturated heterocycles. The summed E-state index contributed by atoms with van der Waals surface area (Å²) in [5.41, 5.74) is 0. The molecule has 1 amide bonds. The topological polar surface area (TPSA) is 29.5 Å². The summed E-state index contributed by atoms with van der Waals surface area (Å²) in [6, 6.07) is 0. The number of ether oxygens (including phenoxy) is 1. The Hall–Kier alpha value is -0.780. The first-order valence-electron chi connectivity index (χ1n) is 6.72. The van der Waals surface area contributed by atoms with Gasteiger partial charge >= 0.3 is 6.18 Å². The maximum absolute atomic E-state index is 12.0. The fraction of sp³-hybridized carbons (Fsp3) is 0.923. The van der Waals surface area contributed by atoms with Crippen LogP contribution in [0.25, 0.3) is 0 Å². The highest BCUT2D eigenvalue weighted by atomic mass is 19.4. The number of carbonyl (C=O) groups is 1. The third-order valence-corrected chi connectivity index (χ3v) is 3.17. The molecule has 0 aliphatic heterocycles. The molecule has 0 saturated carbocycles. The van der Waals surface area contributed by atoms with Crippen LogP contribution in [0.15, 0.2) is 0 Å². The molecule has 19 heavy (non-hydrogen) atoms. The molecule has 0 aliphatic carbocycles. The van der Waals surface area contributed by atoms with Crippen LogP contribution in [0.5, 0.6) is 0 Å². The Morgan fingerprint density at radius 3 is 2.11 bits per heavy atom. The maximum Gasteiger partial charge on any atom is 0.411 e. The summed E-state index contributed by atoms with van der Waals surface area (Å²) < 4.78 is 40.7. The lowest BCUT2D eigenvalue weighted by atomic mass is 10.0. The van der Waals surface area contributed by atoms with E-state index in [1.54, 1.807) is 4.90 Å². The highest BCUT2D eigenvalue weighted by molar-refractivity contribution is 5.80. The zero-order chi connectivity index (χ0) is 15.1. The quantitative estimate of drug-likeness (QED) is 0.684. The highest BCUT2D eigenvalue weighted by Crippen LogP contribution is 2.17. The number of hydrogen-bond acceptors (Lipinski definition) is 2. The van der Waals surface area contributed by atoms with Gasteiger partial charge in [0.2, 0.25) is 0 Å². The molecule has 0 bridgehead atoms. The zero-order valence-electron chi connectivity index (χ0n) is 12.1. The monoisotopic (exact) mass is 283 g/mol. The molecule has 0 aliphatic rings. The van der Waals surface area contributed by atoms with Gasteiger partial charge in [0.05, 0.1) is 0 Å². The lowest BCUT2D eigenvalue weighted by Crippen LogP contribution is -2.42. The fourth-order valence-electron chi connectivity index (χ4n) is 1.78. The molecule has 0 spiro atoms. The second-order valence-corrected chi connectivity index (χ2v) is 4.63. The average Bonchev–Trinajstić information content (AvgIpc) is 2.36. The van der Waals surface area contributed by atoms with E-state index in [4.69, 9.17) is 0 Å². The van der Waals surface area contributed by atoms with E-state index in [1.807, 2.05) is 20.8 Å². The van der Waals surface area contributed by atoms with Crippen LogP contribution in [0.2, 0.25) is 0 Å². The summed E-state index contributed by atoms with van der Waals surface area (Å²) in [7, 11) is 0. The Balaban J connectivity index is 4.40. The molecule has 0 fully saturated rings. The second-order valence-electron chi connectivity index (χ2n) is 4.63. The lowest BCUT2D eigenvalue weighted by Gasteiger charge is -2.28. The first-order chi connectivity index (χ1) is 8.75. The number of halogens is 3. The highest BCUT2D eigenvalue weighted by Gasteiger charge is 2.31. The molecule has 3 nitrogen and oxygen atoms in total. The first-order valence-corrected chi connectivity index (χ1v) is 6.72. The van der Waals surface area contributed by atoms with Gasteiger partial charge in [-0.1, -0.05) is 26.7 Å². The van der Waals surface area contributed by atoms with Crippen molar-refractivity contribution in [3.05, 3.63) is 0 Å². The van der Waals surface area contributed by atoms with Crippen LogP contribution in [-0.4, -0.2) is 42.8 Å². The van der Waals surface area contributed by atoms with Crippen molar-refractivity contribution < 1.29 is 22.7 Å². The summed E-state index contributed by atoms with van der Waals surface area (Å²) in [6.45, 7) is 6.92. The largest absolute Gasteiger partial charge is 0.411 e. The van der Waals surface area contributed by atoms with Crippen molar-refractivity contribution in [1.29, 1.82) is 0 Å². The smallest absolute Gasteiger partial charge is 0.359 e. The summed E-state index contributed by atoms with van der Waals surface area (Å²) in [6.07, 6.45) is -3.58. The molecule has 0 N–H and O–H groups in total. The van der Waals surface area contributed by atoms with Crippen LogP contribution in [0.1, 0.15) is 40.5 Å². The number of rotatable bonds is 8. The molecule has 0 heterocycles. The fourth-order valence-corrected chi connectivity index (χ4v) is 1.78. The standard InChI is InChI=1S/C13H24F3NO2/c1-5-11(6-2)8-17(7-3)12(18)10(4)19-9-13(14,15)16/h10-11H,5-9H2,1-4H3. The third kappa shape index (κ3) is 7.40. The van der Waals surface area contributed by atoms with E-state index in [0.717, 1.165) is 12.8 Å². The van der Waals surface area contributed by atoms with Crippen LogP contribution in [0.4, 0.5) is 13.2 Å². The summed E-state index contributed by atoms with van der Waals surface area (Å²) >= 11 is 0. The number of likely N-dealkylation sites (N-methyl/N-ethyl adjacent to an activating group) is 1. The molecule has 114 valence electrons. The molecule has 1 unspecified atom stereocenters. The molecular formula is C13H24F3NO2. The minimum Gasteiger partial charge on any atom is -0.359 e. The van der Waals surface area contributed by atoms with E-state index in [9.17, 15) is 18.0 Å². The Morgan fingerprint density at radius 1 is 1.21 bits per heavy atom. The molecular weight excluding hydrogens is 259 g/mol. The van der Waals surface area contributed by atoms with Gasteiger partial charge in [-0.25, -0.2) is 0 Å². The summed E-state index contributed by atoms with van der Waals surface area (Å²) in [5.74, 6) is -0.00244. The van der Waals surface area contributed by atoms with Crippen molar-refractivity contribution in [2.45, 2.75) is 52.8 Å². The number of alkyl halides is 3. The van der Waals surface area contributed by atoms with Gasteiger partial charge in [-0.2, -0.15) is 13.2 Å².